The van der Waals surface area contributed by atoms with Crippen molar-refractivity contribution < 1.29 is 32.9 Å². The van der Waals surface area contributed by atoms with Crippen molar-refractivity contribution in [1.82, 2.24) is 5.32 Å². The summed E-state index contributed by atoms with van der Waals surface area (Å²) in [6, 6.07) is -0.842. The Bertz CT molecular complexity index is 1260. The summed E-state index contributed by atoms with van der Waals surface area (Å²) in [6.07, 6.45) is 76.7. The van der Waals surface area contributed by atoms with E-state index in [0.29, 0.717) is 17.4 Å². The van der Waals surface area contributed by atoms with E-state index in [4.69, 9.17) is 9.05 Å². The lowest BCUT2D eigenvalue weighted by Crippen LogP contribution is -2.45. The largest absolute Gasteiger partial charge is 0.472 e. The second kappa shape index (κ2) is 59.8. The molecule has 9 heteroatoms. The molecule has 0 saturated heterocycles. The molecule has 77 heavy (non-hydrogen) atoms. The van der Waals surface area contributed by atoms with Crippen LogP contribution in [0.1, 0.15) is 367 Å². The van der Waals surface area contributed by atoms with Crippen molar-refractivity contribution in [1.29, 1.82) is 0 Å². The summed E-state index contributed by atoms with van der Waals surface area (Å²) < 4.78 is 23.7. The normalized spacial score (nSPS) is 13.7. The fourth-order valence-corrected chi connectivity index (χ4v) is 11.6. The Balaban J connectivity index is 3.83. The standard InChI is InChI=1S/C68H137N2O6P/c1-6-8-10-12-14-16-18-20-22-23-24-25-26-27-28-29-30-31-32-33-34-35-36-37-38-39-40-41-42-43-44-45-46-48-50-52-54-56-58-60-62-68(72)69-66(65-76-77(73,74)75-64-63-70(3,4)5)67(71)61-59-57-55-53-51-49-47-21-19-17-15-13-11-9-7-2/h59,61,66-67,71H,6-58,60,62-65H2,1-5H3,(H-,69,72,73,74)/p+1/b61-59+. The summed E-state index contributed by atoms with van der Waals surface area (Å²) in [7, 11) is 1.59. The van der Waals surface area contributed by atoms with Crippen LogP contribution in [0.25, 0.3) is 0 Å². The number of phosphoric acid groups is 1. The lowest BCUT2D eigenvalue weighted by atomic mass is 10.0. The van der Waals surface area contributed by atoms with E-state index in [0.717, 1.165) is 32.1 Å². The Morgan fingerprint density at radius 1 is 0.429 bits per heavy atom. The van der Waals surface area contributed by atoms with E-state index in [-0.39, 0.29) is 19.1 Å². The van der Waals surface area contributed by atoms with Gasteiger partial charge in [-0.05, 0) is 19.3 Å². The van der Waals surface area contributed by atoms with E-state index in [1.165, 1.54) is 315 Å². The average molecular weight is 1110 g/mol. The zero-order chi connectivity index (χ0) is 56.3. The highest BCUT2D eigenvalue weighted by molar-refractivity contribution is 7.47. The van der Waals surface area contributed by atoms with Crippen LogP contribution in [-0.4, -0.2) is 73.4 Å². The fourth-order valence-electron chi connectivity index (χ4n) is 10.9. The minimum Gasteiger partial charge on any atom is -0.387 e. The van der Waals surface area contributed by atoms with Gasteiger partial charge in [-0.15, -0.1) is 0 Å². The Morgan fingerprint density at radius 2 is 0.688 bits per heavy atom. The highest BCUT2D eigenvalue weighted by Crippen LogP contribution is 2.43. The Labute approximate surface area is 482 Å². The number of carbonyl (C=O) groups is 1. The number of nitrogens with one attached hydrogen (secondary N) is 1. The van der Waals surface area contributed by atoms with Crippen LogP contribution in [0.15, 0.2) is 12.2 Å². The molecule has 3 N–H and O–H groups in total. The number of unbranched alkanes of at least 4 members (excludes halogenated alkanes) is 52. The maximum Gasteiger partial charge on any atom is 0.472 e. The van der Waals surface area contributed by atoms with Gasteiger partial charge in [-0.2, -0.15) is 0 Å². The number of aliphatic hydroxyl groups is 1. The molecule has 0 aromatic carbocycles. The molecule has 3 unspecified atom stereocenters. The number of aliphatic hydroxyl groups excluding tert-OH is 1. The van der Waals surface area contributed by atoms with Crippen LogP contribution < -0.4 is 5.32 Å². The number of hydrogen-bond acceptors (Lipinski definition) is 5. The zero-order valence-corrected chi connectivity index (χ0v) is 53.6. The third kappa shape index (κ3) is 62.7. The topological polar surface area (TPSA) is 105 Å². The van der Waals surface area contributed by atoms with E-state index in [1.807, 2.05) is 27.2 Å². The van der Waals surface area contributed by atoms with Crippen LogP contribution in [0.4, 0.5) is 0 Å². The maximum absolute atomic E-state index is 13.0. The summed E-state index contributed by atoms with van der Waals surface area (Å²) in [5.41, 5.74) is 0. The van der Waals surface area contributed by atoms with Crippen molar-refractivity contribution in [3.8, 4) is 0 Å². The SMILES string of the molecule is CCCCCCCCCCCCCCC/C=C/C(O)C(COP(=O)(O)OCC[N+](C)(C)C)NC(=O)CCCCCCCCCCCCCCCCCCCCCCCCCCCCCCCCCCCCCCCCCC. The molecule has 1 amide bonds. The molecule has 0 aromatic heterocycles. The minimum absolute atomic E-state index is 0.0652. The van der Waals surface area contributed by atoms with E-state index >= 15 is 0 Å². The molecule has 0 heterocycles. The molecule has 0 aliphatic heterocycles. The molecule has 460 valence electrons. The van der Waals surface area contributed by atoms with Crippen molar-refractivity contribution in [2.24, 2.45) is 0 Å². The number of allylic oxidation sites excluding steroid dienone is 1. The van der Waals surface area contributed by atoms with E-state index in [1.54, 1.807) is 6.08 Å². The van der Waals surface area contributed by atoms with Crippen molar-refractivity contribution >= 4 is 13.7 Å². The second-order valence-corrected chi connectivity index (χ2v) is 26.7. The van der Waals surface area contributed by atoms with Gasteiger partial charge in [0.25, 0.3) is 0 Å². The van der Waals surface area contributed by atoms with Crippen LogP contribution in [0.3, 0.4) is 0 Å². The van der Waals surface area contributed by atoms with Gasteiger partial charge in [-0.1, -0.05) is 353 Å². The van der Waals surface area contributed by atoms with Gasteiger partial charge >= 0.3 is 7.82 Å². The molecule has 3 atom stereocenters. The van der Waals surface area contributed by atoms with Gasteiger partial charge in [0.1, 0.15) is 13.2 Å². The number of likely N-dealkylation sites (N-methyl/N-ethyl adjacent to an activating group) is 1. The number of hydrogen-bond donors (Lipinski definition) is 3. The molecule has 0 fully saturated rings. The molecule has 0 radical (unpaired) electrons. The molecule has 0 rings (SSSR count). The summed E-state index contributed by atoms with van der Waals surface area (Å²) in [5, 5.41) is 14.0. The first-order valence-corrected chi connectivity index (χ1v) is 36.1. The number of carbonyl (C=O) groups excluding carboxylic acids is 1. The molecule has 0 bridgehead atoms. The van der Waals surface area contributed by atoms with Crippen LogP contribution in [-0.2, 0) is 18.4 Å². The monoisotopic (exact) mass is 1110 g/mol. The quantitative estimate of drug-likeness (QED) is 0.0243. The van der Waals surface area contributed by atoms with Crippen LogP contribution >= 0.6 is 7.82 Å². The molecule has 0 spiro atoms. The van der Waals surface area contributed by atoms with E-state index < -0.39 is 20.0 Å². The lowest BCUT2D eigenvalue weighted by molar-refractivity contribution is -0.870. The van der Waals surface area contributed by atoms with Crippen molar-refractivity contribution in [3.05, 3.63) is 12.2 Å². The molecule has 0 aliphatic rings. The molecular formula is C68H138N2O6P+. The Morgan fingerprint density at radius 3 is 0.961 bits per heavy atom. The summed E-state index contributed by atoms with van der Waals surface area (Å²) in [6.45, 7) is 4.87. The first-order valence-electron chi connectivity index (χ1n) is 34.6. The average Bonchev–Trinajstić information content (AvgIpc) is 3.39. The van der Waals surface area contributed by atoms with Crippen molar-refractivity contribution in [2.45, 2.75) is 379 Å². The predicted molar refractivity (Wildman–Crippen MR) is 337 cm³/mol. The first-order chi connectivity index (χ1) is 37.5. The third-order valence-corrected chi connectivity index (χ3v) is 17.2. The number of quaternary nitrogens is 1. The van der Waals surface area contributed by atoms with Gasteiger partial charge in [-0.25, -0.2) is 4.57 Å². The number of nitrogens with zero attached hydrogens (tertiary/aromatic N) is 1. The van der Waals surface area contributed by atoms with Gasteiger partial charge in [0.05, 0.1) is 39.9 Å². The lowest BCUT2D eigenvalue weighted by Gasteiger charge is -2.25. The van der Waals surface area contributed by atoms with Crippen molar-refractivity contribution in [3.63, 3.8) is 0 Å². The predicted octanol–water partition coefficient (Wildman–Crippen LogP) is 21.7. The molecular weight excluding hydrogens is 972 g/mol. The molecule has 0 saturated carbocycles. The van der Waals surface area contributed by atoms with Crippen LogP contribution in [0.5, 0.6) is 0 Å². The number of amides is 1. The maximum atomic E-state index is 13.0. The van der Waals surface area contributed by atoms with Gasteiger partial charge in [-0.3, -0.25) is 13.8 Å². The van der Waals surface area contributed by atoms with E-state index in [2.05, 4.69) is 19.2 Å². The van der Waals surface area contributed by atoms with E-state index in [9.17, 15) is 19.4 Å². The van der Waals surface area contributed by atoms with Gasteiger partial charge < -0.3 is 19.8 Å². The number of phosphoric ester groups is 1. The summed E-state index contributed by atoms with van der Waals surface area (Å²) in [5.74, 6) is -0.169. The highest BCUT2D eigenvalue weighted by atomic mass is 31.2. The smallest absolute Gasteiger partial charge is 0.387 e. The zero-order valence-electron chi connectivity index (χ0n) is 52.7. The molecule has 0 aromatic rings. The second-order valence-electron chi connectivity index (χ2n) is 25.3. The van der Waals surface area contributed by atoms with Crippen LogP contribution in [0, 0.1) is 0 Å². The minimum atomic E-state index is -4.34. The number of rotatable bonds is 65. The summed E-state index contributed by atoms with van der Waals surface area (Å²) in [4.78, 5) is 23.3. The first kappa shape index (κ1) is 76.2. The molecule has 8 nitrogen and oxygen atoms in total. The fraction of sp³-hybridized carbons (Fsp3) is 0.956. The van der Waals surface area contributed by atoms with Gasteiger partial charge in [0.15, 0.2) is 0 Å². The van der Waals surface area contributed by atoms with Crippen molar-refractivity contribution in [2.75, 3.05) is 40.9 Å². The Hall–Kier alpha value is -0.760. The Kier molecular flexibility index (Phi) is 59.3. The molecule has 0 aliphatic carbocycles. The highest BCUT2D eigenvalue weighted by Gasteiger charge is 2.28. The van der Waals surface area contributed by atoms with Crippen LogP contribution in [0.2, 0.25) is 0 Å². The third-order valence-electron chi connectivity index (χ3n) is 16.3. The van der Waals surface area contributed by atoms with Gasteiger partial charge in [0.2, 0.25) is 5.91 Å². The summed E-state index contributed by atoms with van der Waals surface area (Å²) >= 11 is 0. The van der Waals surface area contributed by atoms with Gasteiger partial charge in [0, 0.05) is 6.42 Å².